The molecular formula is C35H42N6O4. The van der Waals surface area contributed by atoms with E-state index >= 15 is 0 Å². The van der Waals surface area contributed by atoms with Gasteiger partial charge in [0.15, 0.2) is 0 Å². The van der Waals surface area contributed by atoms with Crippen molar-refractivity contribution in [3.05, 3.63) is 78.1 Å². The first-order valence-corrected chi connectivity index (χ1v) is 16.1. The molecule has 4 atom stereocenters. The van der Waals surface area contributed by atoms with Crippen molar-refractivity contribution in [2.45, 2.75) is 76.3 Å². The number of hydrogen-bond donors (Lipinski definition) is 2. The molecule has 1 saturated carbocycles. The highest BCUT2D eigenvalue weighted by atomic mass is 16.2. The van der Waals surface area contributed by atoms with Crippen LogP contribution < -0.4 is 10.6 Å². The number of likely N-dealkylation sites (N-methyl/N-ethyl adjacent to an activating group) is 1. The van der Waals surface area contributed by atoms with Crippen LogP contribution in [0.15, 0.2) is 67.0 Å². The Kier molecular flexibility index (Phi) is 9.11. The van der Waals surface area contributed by atoms with Crippen molar-refractivity contribution < 1.29 is 19.2 Å². The summed E-state index contributed by atoms with van der Waals surface area (Å²) in [7, 11) is 1.71. The minimum Gasteiger partial charge on any atom is -0.343 e. The summed E-state index contributed by atoms with van der Waals surface area (Å²) >= 11 is 0. The number of hydrogen-bond acceptors (Lipinski definition) is 6. The molecule has 45 heavy (non-hydrogen) atoms. The first-order valence-electron chi connectivity index (χ1n) is 16.1. The number of benzene rings is 2. The molecule has 236 valence electrons. The van der Waals surface area contributed by atoms with Crippen LogP contribution in [0.3, 0.4) is 0 Å². The Hall–Kier alpha value is -4.31. The molecule has 10 heteroatoms. The topological polar surface area (TPSA) is 115 Å². The number of fused-ring (bicyclic) bond motifs is 2. The largest absolute Gasteiger partial charge is 0.343 e. The van der Waals surface area contributed by atoms with Crippen molar-refractivity contribution in [3.63, 3.8) is 0 Å². The number of nitrogens with one attached hydrogen (secondary N) is 2. The molecule has 4 amide bonds. The average Bonchev–Trinajstić information content (AvgIpc) is 3.40. The summed E-state index contributed by atoms with van der Waals surface area (Å²) in [4.78, 5) is 64.6. The van der Waals surface area contributed by atoms with Gasteiger partial charge in [0.2, 0.25) is 23.6 Å². The van der Waals surface area contributed by atoms with E-state index < -0.39 is 24.3 Å². The van der Waals surface area contributed by atoms with E-state index in [0.29, 0.717) is 13.0 Å². The van der Waals surface area contributed by atoms with E-state index in [1.807, 2.05) is 48.5 Å². The summed E-state index contributed by atoms with van der Waals surface area (Å²) in [6, 6.07) is 16.0. The minimum absolute atomic E-state index is 0.00468. The molecule has 0 unspecified atom stereocenters. The highest BCUT2D eigenvalue weighted by Gasteiger charge is 2.52. The van der Waals surface area contributed by atoms with Crippen LogP contribution in [-0.2, 0) is 32.1 Å². The molecule has 6 rings (SSSR count). The predicted molar refractivity (Wildman–Crippen MR) is 170 cm³/mol. The number of aromatic nitrogens is 1. The summed E-state index contributed by atoms with van der Waals surface area (Å²) < 4.78 is 0. The molecular weight excluding hydrogens is 568 g/mol. The first-order chi connectivity index (χ1) is 21.8. The Balaban J connectivity index is 1.32. The molecule has 3 aromatic rings. The van der Waals surface area contributed by atoms with Gasteiger partial charge in [0.1, 0.15) is 24.8 Å². The molecule has 3 heterocycles. The molecule has 1 aromatic heterocycles. The fourth-order valence-corrected chi connectivity index (χ4v) is 7.12. The molecule has 1 aliphatic carbocycles. The van der Waals surface area contributed by atoms with Crippen LogP contribution in [0.2, 0.25) is 0 Å². The van der Waals surface area contributed by atoms with E-state index in [0.717, 1.165) is 54.0 Å². The average molecular weight is 611 g/mol. The monoisotopic (exact) mass is 610 g/mol. The third-order valence-electron chi connectivity index (χ3n) is 9.75. The second kappa shape index (κ2) is 13.4. The Morgan fingerprint density at radius 2 is 1.69 bits per heavy atom. The Morgan fingerprint density at radius 1 is 0.956 bits per heavy atom. The first kappa shape index (κ1) is 30.7. The molecule has 0 radical (unpaired) electrons. The third kappa shape index (κ3) is 6.42. The SMILES string of the molecule is CN[C@@H](C)C(=O)N[C@H](C(=O)N1CC(=O)N2[C@@H]1CN(Cc1ccncc1)C(=O)[C@@H]2Cc1ccc2ccccc2c1)C1CCCCC1. The number of carbonyl (C=O) groups is 4. The van der Waals surface area contributed by atoms with E-state index in [1.54, 1.807) is 41.1 Å². The van der Waals surface area contributed by atoms with Gasteiger partial charge < -0.3 is 25.3 Å². The molecule has 3 fully saturated rings. The summed E-state index contributed by atoms with van der Waals surface area (Å²) in [5.74, 6) is -0.875. The predicted octanol–water partition coefficient (Wildman–Crippen LogP) is 2.86. The van der Waals surface area contributed by atoms with Crippen LogP contribution in [0.1, 0.15) is 50.2 Å². The summed E-state index contributed by atoms with van der Waals surface area (Å²) in [6.45, 7) is 2.19. The van der Waals surface area contributed by atoms with Gasteiger partial charge in [-0.2, -0.15) is 0 Å². The standard InChI is InChI=1S/C35H42N6O4/c1-23(36-2)33(43)38-32(27-9-4-3-5-10-27)35(45)40-22-31(42)41-29(19-25-12-13-26-8-6-7-11-28(26)18-25)34(44)39(21-30(40)41)20-24-14-16-37-17-15-24/h6-8,11-18,23,27,29-30,32,36H,3-5,9-10,19-22H2,1-2H3,(H,38,43)/t23-,29-,30+,32-/m0/s1. The maximum Gasteiger partial charge on any atom is 0.247 e. The van der Waals surface area contributed by atoms with E-state index in [-0.39, 0.29) is 42.6 Å². The smallest absolute Gasteiger partial charge is 0.247 e. The highest BCUT2D eigenvalue weighted by molar-refractivity contribution is 5.97. The molecule has 2 N–H and O–H groups in total. The zero-order chi connectivity index (χ0) is 31.5. The lowest BCUT2D eigenvalue weighted by Gasteiger charge is -2.45. The van der Waals surface area contributed by atoms with Gasteiger partial charge in [0.25, 0.3) is 0 Å². The number of rotatable bonds is 9. The zero-order valence-electron chi connectivity index (χ0n) is 26.0. The maximum atomic E-state index is 14.4. The van der Waals surface area contributed by atoms with Gasteiger partial charge in [-0.05, 0) is 66.8 Å². The number of nitrogens with zero attached hydrogens (tertiary/aromatic N) is 4. The van der Waals surface area contributed by atoms with Crippen molar-refractivity contribution in [2.24, 2.45) is 5.92 Å². The van der Waals surface area contributed by atoms with Crippen molar-refractivity contribution >= 4 is 34.4 Å². The summed E-state index contributed by atoms with van der Waals surface area (Å²) in [5.41, 5.74) is 1.87. The van der Waals surface area contributed by atoms with Crippen molar-refractivity contribution in [1.29, 1.82) is 0 Å². The third-order valence-corrected chi connectivity index (χ3v) is 9.75. The van der Waals surface area contributed by atoms with Crippen molar-refractivity contribution in [3.8, 4) is 0 Å². The maximum absolute atomic E-state index is 14.4. The van der Waals surface area contributed by atoms with E-state index in [2.05, 4.69) is 21.7 Å². The molecule has 3 aliphatic rings. The second-order valence-corrected chi connectivity index (χ2v) is 12.6. The minimum atomic E-state index is -0.760. The van der Waals surface area contributed by atoms with Gasteiger partial charge >= 0.3 is 0 Å². The number of amides is 4. The molecule has 0 spiro atoms. The van der Waals surface area contributed by atoms with Crippen LogP contribution in [-0.4, -0.2) is 87.7 Å². The van der Waals surface area contributed by atoms with Crippen LogP contribution >= 0.6 is 0 Å². The number of carbonyl (C=O) groups excluding carboxylic acids is 4. The van der Waals surface area contributed by atoms with Gasteiger partial charge in [-0.3, -0.25) is 24.2 Å². The quantitative estimate of drug-likeness (QED) is 0.385. The molecule has 10 nitrogen and oxygen atoms in total. The molecule has 2 saturated heterocycles. The summed E-state index contributed by atoms with van der Waals surface area (Å²) in [5, 5.41) is 8.17. The highest BCUT2D eigenvalue weighted by Crippen LogP contribution is 2.33. The van der Waals surface area contributed by atoms with Gasteiger partial charge in [-0.1, -0.05) is 61.7 Å². The lowest BCUT2D eigenvalue weighted by atomic mass is 9.83. The van der Waals surface area contributed by atoms with Gasteiger partial charge in [-0.15, -0.1) is 0 Å². The molecule has 2 aromatic carbocycles. The Morgan fingerprint density at radius 3 is 2.42 bits per heavy atom. The Labute approximate surface area is 264 Å². The summed E-state index contributed by atoms with van der Waals surface area (Å²) in [6.07, 6.45) is 7.91. The second-order valence-electron chi connectivity index (χ2n) is 12.6. The van der Waals surface area contributed by atoms with Crippen LogP contribution in [0, 0.1) is 5.92 Å². The molecule has 0 bridgehead atoms. The number of pyridine rings is 1. The Bertz CT molecular complexity index is 1560. The van der Waals surface area contributed by atoms with Crippen LogP contribution in [0.4, 0.5) is 0 Å². The lowest BCUT2D eigenvalue weighted by Crippen LogP contribution is -2.65. The normalized spacial score (nSPS) is 22.0. The van der Waals surface area contributed by atoms with Crippen LogP contribution in [0.5, 0.6) is 0 Å². The van der Waals surface area contributed by atoms with Gasteiger partial charge in [0.05, 0.1) is 12.6 Å². The fourth-order valence-electron chi connectivity index (χ4n) is 7.12. The van der Waals surface area contributed by atoms with Crippen molar-refractivity contribution in [1.82, 2.24) is 30.3 Å². The molecule has 2 aliphatic heterocycles. The zero-order valence-corrected chi connectivity index (χ0v) is 26.0. The van der Waals surface area contributed by atoms with E-state index in [9.17, 15) is 19.2 Å². The van der Waals surface area contributed by atoms with Crippen molar-refractivity contribution in [2.75, 3.05) is 20.1 Å². The lowest BCUT2D eigenvalue weighted by molar-refractivity contribution is -0.157. The van der Waals surface area contributed by atoms with E-state index in [4.69, 9.17) is 0 Å². The number of piperazine rings is 1. The van der Waals surface area contributed by atoms with Gasteiger partial charge in [0, 0.05) is 25.4 Å². The van der Waals surface area contributed by atoms with E-state index in [1.165, 1.54) is 0 Å². The van der Waals surface area contributed by atoms with Crippen LogP contribution in [0.25, 0.3) is 10.8 Å². The fraction of sp³-hybridized carbons (Fsp3) is 0.457. The van der Waals surface area contributed by atoms with Gasteiger partial charge in [-0.25, -0.2) is 0 Å².